The highest BCUT2D eigenvalue weighted by atomic mass is 16.5. The van der Waals surface area contributed by atoms with Gasteiger partial charge in [-0.1, -0.05) is 12.1 Å². The first kappa shape index (κ1) is 23.4. The summed E-state index contributed by atoms with van der Waals surface area (Å²) in [6, 6.07) is 8.23. The molecule has 1 unspecified atom stereocenters. The van der Waals surface area contributed by atoms with Crippen LogP contribution in [0.2, 0.25) is 0 Å². The smallest absolute Gasteiger partial charge is 0.239 e. The van der Waals surface area contributed by atoms with E-state index in [0.29, 0.717) is 5.91 Å². The maximum atomic E-state index is 12.7. The summed E-state index contributed by atoms with van der Waals surface area (Å²) in [6.45, 7) is 11.3. The van der Waals surface area contributed by atoms with Crippen LogP contribution in [0.15, 0.2) is 29.3 Å². The number of carbonyl (C=O) groups is 1. The van der Waals surface area contributed by atoms with Crippen LogP contribution >= 0.6 is 0 Å². The van der Waals surface area contributed by atoms with Gasteiger partial charge in [0.25, 0.3) is 0 Å². The van der Waals surface area contributed by atoms with Crippen molar-refractivity contribution in [1.29, 1.82) is 0 Å². The number of rotatable bonds is 8. The molecule has 0 aliphatic carbocycles. The van der Waals surface area contributed by atoms with Crippen LogP contribution in [0.1, 0.15) is 38.7 Å². The summed E-state index contributed by atoms with van der Waals surface area (Å²) in [4.78, 5) is 24.3. The SMILES string of the molecule is CCNC(=NCCCc1cccc(OC)c1)N1CCN(C(C)C(=O)N2CCCC2)CC1. The molecule has 1 amide bonds. The second-order valence-electron chi connectivity index (χ2n) is 8.42. The fraction of sp³-hybridized carbons (Fsp3) is 0.667. The van der Waals surface area contributed by atoms with E-state index in [1.54, 1.807) is 7.11 Å². The van der Waals surface area contributed by atoms with Gasteiger partial charge in [-0.25, -0.2) is 0 Å². The zero-order chi connectivity index (χ0) is 22.1. The summed E-state index contributed by atoms with van der Waals surface area (Å²) in [5.41, 5.74) is 1.28. The van der Waals surface area contributed by atoms with E-state index < -0.39 is 0 Å². The third-order valence-corrected chi connectivity index (χ3v) is 6.29. The van der Waals surface area contributed by atoms with Gasteiger partial charge in [-0.3, -0.25) is 14.7 Å². The van der Waals surface area contributed by atoms with Crippen LogP contribution in [-0.4, -0.2) is 92.1 Å². The molecule has 0 radical (unpaired) electrons. The molecule has 7 nitrogen and oxygen atoms in total. The molecule has 1 aromatic carbocycles. The number of amides is 1. The van der Waals surface area contributed by atoms with Crippen molar-refractivity contribution in [3.05, 3.63) is 29.8 Å². The molecule has 172 valence electrons. The zero-order valence-electron chi connectivity index (χ0n) is 19.5. The highest BCUT2D eigenvalue weighted by molar-refractivity contribution is 5.82. The number of hydrogen-bond donors (Lipinski definition) is 1. The number of nitrogens with zero attached hydrogens (tertiary/aromatic N) is 4. The fourth-order valence-electron chi connectivity index (χ4n) is 4.40. The first-order valence-electron chi connectivity index (χ1n) is 11.8. The van der Waals surface area contributed by atoms with Gasteiger partial charge in [0.05, 0.1) is 13.2 Å². The molecule has 1 atom stereocenters. The van der Waals surface area contributed by atoms with Gasteiger partial charge in [0.2, 0.25) is 5.91 Å². The maximum Gasteiger partial charge on any atom is 0.239 e. The van der Waals surface area contributed by atoms with Gasteiger partial charge in [-0.15, -0.1) is 0 Å². The van der Waals surface area contributed by atoms with Gasteiger partial charge in [0.15, 0.2) is 5.96 Å². The van der Waals surface area contributed by atoms with E-state index in [1.165, 1.54) is 5.56 Å². The number of benzene rings is 1. The number of piperazine rings is 1. The molecule has 31 heavy (non-hydrogen) atoms. The van der Waals surface area contributed by atoms with E-state index in [0.717, 1.165) is 89.8 Å². The molecule has 3 rings (SSSR count). The van der Waals surface area contributed by atoms with Gasteiger partial charge in [0.1, 0.15) is 5.75 Å². The molecular weight excluding hydrogens is 390 g/mol. The standard InChI is InChI=1S/C24H39N5O2/c1-4-25-24(26-12-8-10-21-9-7-11-22(19-21)31-3)29-17-15-27(16-18-29)20(2)23(30)28-13-5-6-14-28/h7,9,11,19-20H,4-6,8,10,12-18H2,1-3H3,(H,25,26). The Morgan fingerprint density at radius 2 is 1.87 bits per heavy atom. The van der Waals surface area contributed by atoms with E-state index in [4.69, 9.17) is 9.73 Å². The molecule has 0 aromatic heterocycles. The number of nitrogens with one attached hydrogen (secondary N) is 1. The number of methoxy groups -OCH3 is 1. The van der Waals surface area contributed by atoms with Crippen LogP contribution in [0.25, 0.3) is 0 Å². The topological polar surface area (TPSA) is 60.4 Å². The Morgan fingerprint density at radius 3 is 2.55 bits per heavy atom. The molecule has 2 aliphatic heterocycles. The van der Waals surface area contributed by atoms with E-state index in [2.05, 4.69) is 41.1 Å². The van der Waals surface area contributed by atoms with Crippen LogP contribution in [0.3, 0.4) is 0 Å². The molecule has 1 N–H and O–H groups in total. The molecule has 2 saturated heterocycles. The Kier molecular flexibility index (Phi) is 9.00. The number of hydrogen-bond acceptors (Lipinski definition) is 4. The summed E-state index contributed by atoms with van der Waals surface area (Å²) < 4.78 is 5.31. The number of aliphatic imine (C=N–C) groups is 1. The quantitative estimate of drug-likeness (QED) is 0.390. The lowest BCUT2D eigenvalue weighted by atomic mass is 10.1. The van der Waals surface area contributed by atoms with Gasteiger partial charge in [-0.2, -0.15) is 0 Å². The van der Waals surface area contributed by atoms with Crippen molar-refractivity contribution in [1.82, 2.24) is 20.0 Å². The van der Waals surface area contributed by atoms with Crippen LogP contribution in [-0.2, 0) is 11.2 Å². The van der Waals surface area contributed by atoms with Crippen molar-refractivity contribution in [2.45, 2.75) is 45.6 Å². The lowest BCUT2D eigenvalue weighted by Gasteiger charge is -2.39. The molecule has 0 spiro atoms. The molecule has 1 aromatic rings. The van der Waals surface area contributed by atoms with Gasteiger partial charge in [0, 0.05) is 52.4 Å². The summed E-state index contributed by atoms with van der Waals surface area (Å²) in [6.07, 6.45) is 4.28. The second-order valence-corrected chi connectivity index (χ2v) is 8.42. The molecule has 0 saturated carbocycles. The van der Waals surface area contributed by atoms with Crippen molar-refractivity contribution in [3.63, 3.8) is 0 Å². The zero-order valence-corrected chi connectivity index (χ0v) is 19.5. The monoisotopic (exact) mass is 429 g/mol. The largest absolute Gasteiger partial charge is 0.497 e. The third-order valence-electron chi connectivity index (χ3n) is 6.29. The van der Waals surface area contributed by atoms with E-state index in [9.17, 15) is 4.79 Å². The minimum absolute atomic E-state index is 0.0253. The van der Waals surface area contributed by atoms with Crippen molar-refractivity contribution < 1.29 is 9.53 Å². The highest BCUT2D eigenvalue weighted by Gasteiger charge is 2.30. The lowest BCUT2D eigenvalue weighted by Crippen LogP contribution is -2.57. The first-order valence-corrected chi connectivity index (χ1v) is 11.8. The van der Waals surface area contributed by atoms with Gasteiger partial charge < -0.3 is 19.9 Å². The van der Waals surface area contributed by atoms with Crippen LogP contribution in [0.5, 0.6) is 5.75 Å². The van der Waals surface area contributed by atoms with Crippen LogP contribution in [0, 0.1) is 0 Å². The predicted octanol–water partition coefficient (Wildman–Crippen LogP) is 2.22. The third kappa shape index (κ3) is 6.60. The Labute approximate surface area is 187 Å². The summed E-state index contributed by atoms with van der Waals surface area (Å²) >= 11 is 0. The number of likely N-dealkylation sites (tertiary alicyclic amines) is 1. The van der Waals surface area contributed by atoms with E-state index in [-0.39, 0.29) is 6.04 Å². The number of aryl methyl sites for hydroxylation is 1. The van der Waals surface area contributed by atoms with Crippen molar-refractivity contribution in [2.75, 3.05) is 59.5 Å². The molecule has 7 heteroatoms. The van der Waals surface area contributed by atoms with Gasteiger partial charge in [-0.05, 0) is 57.2 Å². The fourth-order valence-corrected chi connectivity index (χ4v) is 4.40. The molecule has 2 aliphatic rings. The minimum Gasteiger partial charge on any atom is -0.497 e. The normalized spacial score (nSPS) is 18.9. The Balaban J connectivity index is 1.47. The van der Waals surface area contributed by atoms with E-state index in [1.807, 2.05) is 17.0 Å². The van der Waals surface area contributed by atoms with Crippen molar-refractivity contribution in [2.24, 2.45) is 4.99 Å². The average molecular weight is 430 g/mol. The van der Waals surface area contributed by atoms with E-state index >= 15 is 0 Å². The molecular formula is C24H39N5O2. The summed E-state index contributed by atoms with van der Waals surface area (Å²) in [7, 11) is 1.70. The van der Waals surface area contributed by atoms with Gasteiger partial charge >= 0.3 is 0 Å². The summed E-state index contributed by atoms with van der Waals surface area (Å²) in [5.74, 6) is 2.19. The van der Waals surface area contributed by atoms with Crippen molar-refractivity contribution in [3.8, 4) is 5.75 Å². The Hall–Kier alpha value is -2.28. The van der Waals surface area contributed by atoms with Crippen molar-refractivity contribution >= 4 is 11.9 Å². The Bertz CT molecular complexity index is 724. The molecule has 2 fully saturated rings. The maximum absolute atomic E-state index is 12.7. The molecule has 0 bridgehead atoms. The summed E-state index contributed by atoms with van der Waals surface area (Å²) in [5, 5.41) is 3.44. The average Bonchev–Trinajstić information content (AvgIpc) is 3.35. The highest BCUT2D eigenvalue weighted by Crippen LogP contribution is 2.15. The lowest BCUT2D eigenvalue weighted by molar-refractivity contribution is -0.135. The number of carbonyl (C=O) groups excluding carboxylic acids is 1. The number of guanidine groups is 1. The van der Waals surface area contributed by atoms with Crippen LogP contribution in [0.4, 0.5) is 0 Å². The predicted molar refractivity (Wildman–Crippen MR) is 126 cm³/mol. The molecule has 2 heterocycles. The second kappa shape index (κ2) is 11.9. The van der Waals surface area contributed by atoms with Crippen LogP contribution < -0.4 is 10.1 Å². The Morgan fingerprint density at radius 1 is 1.13 bits per heavy atom. The minimum atomic E-state index is -0.0253. The number of ether oxygens (including phenoxy) is 1. The first-order chi connectivity index (χ1) is 15.1.